The number of nitrogens with one attached hydrogen (secondary N) is 1. The molecule has 0 bridgehead atoms. The van der Waals surface area contributed by atoms with Crippen LogP contribution in [-0.2, 0) is 11.8 Å². The molecule has 130 valence electrons. The Morgan fingerprint density at radius 2 is 2.12 bits per heavy atom. The van der Waals surface area contributed by atoms with Crippen LogP contribution in [0.2, 0.25) is 0 Å². The van der Waals surface area contributed by atoms with Gasteiger partial charge >= 0.3 is 0 Å². The second-order valence-corrected chi connectivity index (χ2v) is 6.71. The van der Waals surface area contributed by atoms with Crippen molar-refractivity contribution in [3.8, 4) is 5.75 Å². The van der Waals surface area contributed by atoms with Crippen LogP contribution in [0.3, 0.4) is 0 Å². The number of benzene rings is 1. The Morgan fingerprint density at radius 3 is 2.83 bits per heavy atom. The van der Waals surface area contributed by atoms with Crippen molar-refractivity contribution in [1.29, 1.82) is 0 Å². The summed E-state index contributed by atoms with van der Waals surface area (Å²) in [6.07, 6.45) is 2.39. The first-order valence-electron chi connectivity index (χ1n) is 7.91. The van der Waals surface area contributed by atoms with Crippen molar-refractivity contribution in [1.82, 2.24) is 20.1 Å². The fraction of sp³-hybridized carbons (Fsp3) is 0.471. The van der Waals surface area contributed by atoms with Crippen molar-refractivity contribution in [3.63, 3.8) is 0 Å². The first kappa shape index (κ1) is 18.3. The lowest BCUT2D eigenvalue weighted by Crippen LogP contribution is -2.27. The van der Waals surface area contributed by atoms with Crippen LogP contribution in [0.4, 0.5) is 0 Å². The predicted molar refractivity (Wildman–Crippen MR) is 95.5 cm³/mol. The van der Waals surface area contributed by atoms with E-state index in [4.69, 9.17) is 4.74 Å². The number of ether oxygens (including phenoxy) is 1. The Morgan fingerprint density at radius 1 is 1.33 bits per heavy atom. The van der Waals surface area contributed by atoms with Gasteiger partial charge in [-0.05, 0) is 49.9 Å². The number of hydrogen-bond donors (Lipinski definition) is 1. The van der Waals surface area contributed by atoms with Crippen LogP contribution in [0.25, 0.3) is 0 Å². The molecule has 0 unspecified atom stereocenters. The fourth-order valence-corrected chi connectivity index (χ4v) is 2.94. The maximum Gasteiger partial charge on any atom is 0.230 e. The summed E-state index contributed by atoms with van der Waals surface area (Å²) in [4.78, 5) is 11.8. The van der Waals surface area contributed by atoms with Gasteiger partial charge in [0.2, 0.25) is 5.91 Å². The quantitative estimate of drug-likeness (QED) is 0.586. The van der Waals surface area contributed by atoms with Crippen LogP contribution in [0.15, 0.2) is 23.6 Å². The standard InChI is InChI=1S/C17H24N4O2S/c1-12-8-13(2)14(3)15(9-12)23-7-5-6-18-16(22)10-24-17-20-19-11-21(17)4/h8-9,11H,5-7,10H2,1-4H3,(H,18,22). The number of carbonyl (C=O) groups excluding carboxylic acids is 1. The average Bonchev–Trinajstić information content (AvgIpc) is 2.94. The number of thioether (sulfide) groups is 1. The zero-order chi connectivity index (χ0) is 17.5. The number of carbonyl (C=O) groups is 1. The maximum absolute atomic E-state index is 11.8. The van der Waals surface area contributed by atoms with Gasteiger partial charge in [0.25, 0.3) is 0 Å². The first-order valence-corrected chi connectivity index (χ1v) is 8.90. The molecule has 1 aromatic heterocycles. The SMILES string of the molecule is Cc1cc(C)c(C)c(OCCCNC(=O)CSc2nncn2C)c1. The summed E-state index contributed by atoms with van der Waals surface area (Å²) in [5.41, 5.74) is 3.60. The third-order valence-electron chi connectivity index (χ3n) is 3.67. The molecule has 0 radical (unpaired) electrons. The summed E-state index contributed by atoms with van der Waals surface area (Å²) in [5.74, 6) is 1.26. The molecule has 0 aliphatic heterocycles. The molecule has 0 aliphatic carbocycles. The minimum absolute atomic E-state index is 0.00872. The number of amides is 1. The van der Waals surface area contributed by atoms with Crippen LogP contribution in [-0.4, -0.2) is 39.6 Å². The van der Waals surface area contributed by atoms with Crippen LogP contribution in [0.1, 0.15) is 23.1 Å². The van der Waals surface area contributed by atoms with Crippen molar-refractivity contribution in [2.24, 2.45) is 7.05 Å². The third kappa shape index (κ3) is 5.26. The fourth-order valence-electron chi connectivity index (χ4n) is 2.22. The molecule has 0 fully saturated rings. The van der Waals surface area contributed by atoms with Crippen LogP contribution < -0.4 is 10.1 Å². The zero-order valence-corrected chi connectivity index (χ0v) is 15.4. The van der Waals surface area contributed by atoms with Gasteiger partial charge in [0.1, 0.15) is 12.1 Å². The lowest BCUT2D eigenvalue weighted by Gasteiger charge is -2.12. The van der Waals surface area contributed by atoms with Gasteiger partial charge < -0.3 is 14.6 Å². The molecule has 1 heterocycles. The van der Waals surface area contributed by atoms with Gasteiger partial charge in [-0.2, -0.15) is 0 Å². The molecule has 1 amide bonds. The van der Waals surface area contributed by atoms with Crippen LogP contribution in [0.5, 0.6) is 5.75 Å². The smallest absolute Gasteiger partial charge is 0.230 e. The highest BCUT2D eigenvalue weighted by Gasteiger charge is 2.07. The maximum atomic E-state index is 11.8. The Labute approximate surface area is 147 Å². The molecule has 1 N–H and O–H groups in total. The average molecular weight is 348 g/mol. The van der Waals surface area contributed by atoms with E-state index in [1.54, 1.807) is 10.9 Å². The van der Waals surface area contributed by atoms with Crippen molar-refractivity contribution in [2.45, 2.75) is 32.3 Å². The second kappa shape index (κ2) is 8.73. The largest absolute Gasteiger partial charge is 0.493 e. The number of nitrogens with zero attached hydrogens (tertiary/aromatic N) is 3. The Balaban J connectivity index is 1.64. The van der Waals surface area contributed by atoms with Crippen molar-refractivity contribution in [2.75, 3.05) is 18.9 Å². The lowest BCUT2D eigenvalue weighted by molar-refractivity contribution is -0.118. The molecule has 2 rings (SSSR count). The van der Waals surface area contributed by atoms with Crippen molar-refractivity contribution >= 4 is 17.7 Å². The molecule has 7 heteroatoms. The number of aromatic nitrogens is 3. The minimum Gasteiger partial charge on any atom is -0.493 e. The van der Waals surface area contributed by atoms with E-state index in [0.717, 1.165) is 17.3 Å². The Kier molecular flexibility index (Phi) is 6.66. The van der Waals surface area contributed by atoms with E-state index in [1.165, 1.54) is 28.5 Å². The lowest BCUT2D eigenvalue weighted by atomic mass is 10.1. The number of hydrogen-bond acceptors (Lipinski definition) is 5. The summed E-state index contributed by atoms with van der Waals surface area (Å²) in [6, 6.07) is 4.20. The highest BCUT2D eigenvalue weighted by Crippen LogP contribution is 2.23. The van der Waals surface area contributed by atoms with Crippen molar-refractivity contribution < 1.29 is 9.53 Å². The zero-order valence-electron chi connectivity index (χ0n) is 14.6. The van der Waals surface area contributed by atoms with E-state index < -0.39 is 0 Å². The molecule has 0 atom stereocenters. The van der Waals surface area contributed by atoms with Gasteiger partial charge in [-0.15, -0.1) is 10.2 Å². The molecule has 2 aromatic rings. The highest BCUT2D eigenvalue weighted by molar-refractivity contribution is 7.99. The van der Waals surface area contributed by atoms with E-state index in [0.29, 0.717) is 18.9 Å². The minimum atomic E-state index is -0.00872. The summed E-state index contributed by atoms with van der Waals surface area (Å²) >= 11 is 1.37. The summed E-state index contributed by atoms with van der Waals surface area (Å²) < 4.78 is 7.63. The topological polar surface area (TPSA) is 69.0 Å². The van der Waals surface area contributed by atoms with E-state index in [9.17, 15) is 4.79 Å². The van der Waals surface area contributed by atoms with Crippen molar-refractivity contribution in [3.05, 3.63) is 35.2 Å². The third-order valence-corrected chi connectivity index (χ3v) is 4.70. The predicted octanol–water partition coefficient (Wildman–Crippen LogP) is 2.42. The molecular weight excluding hydrogens is 324 g/mol. The molecule has 1 aromatic carbocycles. The normalized spacial score (nSPS) is 10.7. The van der Waals surface area contributed by atoms with Gasteiger partial charge in [0, 0.05) is 13.6 Å². The van der Waals surface area contributed by atoms with E-state index in [1.807, 2.05) is 7.05 Å². The van der Waals surface area contributed by atoms with Gasteiger partial charge in [0.15, 0.2) is 5.16 Å². The summed E-state index contributed by atoms with van der Waals surface area (Å²) in [7, 11) is 1.85. The Hall–Kier alpha value is -2.02. The summed E-state index contributed by atoms with van der Waals surface area (Å²) in [5, 5.41) is 11.3. The second-order valence-electron chi connectivity index (χ2n) is 5.77. The molecule has 24 heavy (non-hydrogen) atoms. The highest BCUT2D eigenvalue weighted by atomic mass is 32.2. The molecule has 0 saturated heterocycles. The number of rotatable bonds is 8. The molecule has 6 nitrogen and oxygen atoms in total. The molecule has 0 spiro atoms. The molecule has 0 aliphatic rings. The molecular formula is C17H24N4O2S. The molecule has 0 saturated carbocycles. The van der Waals surface area contributed by atoms with Gasteiger partial charge in [-0.1, -0.05) is 17.8 Å². The number of aryl methyl sites for hydroxylation is 3. The van der Waals surface area contributed by atoms with E-state index >= 15 is 0 Å². The van der Waals surface area contributed by atoms with E-state index in [2.05, 4.69) is 48.4 Å². The van der Waals surface area contributed by atoms with Crippen LogP contribution >= 0.6 is 11.8 Å². The van der Waals surface area contributed by atoms with Crippen LogP contribution in [0, 0.1) is 20.8 Å². The first-order chi connectivity index (χ1) is 11.5. The van der Waals surface area contributed by atoms with Gasteiger partial charge in [-0.25, -0.2) is 0 Å². The van der Waals surface area contributed by atoms with E-state index in [-0.39, 0.29) is 5.91 Å². The van der Waals surface area contributed by atoms with Gasteiger partial charge in [0.05, 0.1) is 12.4 Å². The van der Waals surface area contributed by atoms with Gasteiger partial charge in [-0.3, -0.25) is 4.79 Å². The monoisotopic (exact) mass is 348 g/mol. The summed E-state index contributed by atoms with van der Waals surface area (Å²) in [6.45, 7) is 7.40. The Bertz CT molecular complexity index is 700.